The molecular weight excluding hydrogens is 263 g/mol. The second kappa shape index (κ2) is 6.83. The van der Waals surface area contributed by atoms with Gasteiger partial charge >= 0.3 is 0 Å². The minimum atomic E-state index is -0.644. The molecule has 0 atom stereocenters. The Morgan fingerprint density at radius 3 is 1.81 bits per heavy atom. The Morgan fingerprint density at radius 1 is 0.857 bits per heavy atom. The number of halogens is 1. The monoisotopic (exact) mass is 284 g/mol. The summed E-state index contributed by atoms with van der Waals surface area (Å²) in [5.74, 6) is 0. The zero-order valence-corrected chi connectivity index (χ0v) is 12.1. The molecule has 1 heterocycles. The summed E-state index contributed by atoms with van der Waals surface area (Å²) in [5.41, 5.74) is 6.03. The van der Waals surface area contributed by atoms with Gasteiger partial charge in [-0.1, -0.05) is 60.7 Å². The van der Waals surface area contributed by atoms with Crippen molar-refractivity contribution in [2.24, 2.45) is 0 Å². The standard InChI is InChI=1S/C18H21FN2/c19-17-11-13-21(14-12-17)20-18(15-7-3-1-4-8-15)16-9-5-2-6-10-16/h1-10,17-18,20H,11-14H2. The van der Waals surface area contributed by atoms with E-state index in [1.165, 1.54) is 11.1 Å². The Bertz CT molecular complexity index is 496. The van der Waals surface area contributed by atoms with Crippen LogP contribution in [0.1, 0.15) is 30.0 Å². The van der Waals surface area contributed by atoms with E-state index in [0.717, 1.165) is 13.1 Å². The van der Waals surface area contributed by atoms with Crippen LogP contribution in [0.2, 0.25) is 0 Å². The lowest BCUT2D eigenvalue weighted by atomic mass is 9.99. The van der Waals surface area contributed by atoms with Crippen LogP contribution in [0.3, 0.4) is 0 Å². The highest BCUT2D eigenvalue weighted by Crippen LogP contribution is 2.23. The highest BCUT2D eigenvalue weighted by Gasteiger charge is 2.22. The van der Waals surface area contributed by atoms with Crippen LogP contribution in [0.15, 0.2) is 60.7 Å². The summed E-state index contributed by atoms with van der Waals surface area (Å²) in [6.45, 7) is 1.52. The number of benzene rings is 2. The lowest BCUT2D eigenvalue weighted by molar-refractivity contribution is 0.0933. The van der Waals surface area contributed by atoms with Gasteiger partial charge in [0.05, 0.1) is 6.04 Å². The molecular formula is C18H21FN2. The van der Waals surface area contributed by atoms with Gasteiger partial charge in [-0.05, 0) is 24.0 Å². The number of nitrogens with one attached hydrogen (secondary N) is 1. The van der Waals surface area contributed by atoms with Crippen molar-refractivity contribution in [3.63, 3.8) is 0 Å². The summed E-state index contributed by atoms with van der Waals surface area (Å²) in [6, 6.07) is 20.9. The quantitative estimate of drug-likeness (QED) is 0.920. The molecule has 3 rings (SSSR count). The Kier molecular flexibility index (Phi) is 4.63. The van der Waals surface area contributed by atoms with Crippen LogP contribution in [0.25, 0.3) is 0 Å². The molecule has 1 N–H and O–H groups in total. The van der Waals surface area contributed by atoms with E-state index in [4.69, 9.17) is 0 Å². The molecule has 1 aliphatic rings. The number of alkyl halides is 1. The molecule has 2 aromatic carbocycles. The molecule has 0 saturated carbocycles. The first-order valence-electron chi connectivity index (χ1n) is 7.58. The van der Waals surface area contributed by atoms with Gasteiger partial charge in [0.2, 0.25) is 0 Å². The van der Waals surface area contributed by atoms with Crippen molar-refractivity contribution in [2.45, 2.75) is 25.1 Å². The van der Waals surface area contributed by atoms with Crippen molar-refractivity contribution < 1.29 is 4.39 Å². The van der Waals surface area contributed by atoms with Crippen LogP contribution >= 0.6 is 0 Å². The third-order valence-corrected chi connectivity index (χ3v) is 4.00. The average Bonchev–Trinajstić information content (AvgIpc) is 2.56. The molecule has 1 fully saturated rings. The average molecular weight is 284 g/mol. The topological polar surface area (TPSA) is 15.3 Å². The first-order valence-corrected chi connectivity index (χ1v) is 7.58. The number of piperidine rings is 1. The summed E-state index contributed by atoms with van der Waals surface area (Å²) in [5, 5.41) is 2.15. The molecule has 21 heavy (non-hydrogen) atoms. The van der Waals surface area contributed by atoms with E-state index >= 15 is 0 Å². The molecule has 0 unspecified atom stereocenters. The first kappa shape index (κ1) is 14.2. The first-order chi connectivity index (χ1) is 10.3. The number of nitrogens with zero attached hydrogens (tertiary/aromatic N) is 1. The fourth-order valence-electron chi connectivity index (χ4n) is 2.79. The lowest BCUT2D eigenvalue weighted by Gasteiger charge is -2.33. The Morgan fingerprint density at radius 2 is 1.33 bits per heavy atom. The highest BCUT2D eigenvalue weighted by atomic mass is 19.1. The van der Waals surface area contributed by atoms with E-state index in [9.17, 15) is 4.39 Å². The number of hydrogen-bond donors (Lipinski definition) is 1. The SMILES string of the molecule is FC1CCN(NC(c2ccccc2)c2ccccc2)CC1. The van der Waals surface area contributed by atoms with Crippen molar-refractivity contribution >= 4 is 0 Å². The second-order valence-corrected chi connectivity index (χ2v) is 5.55. The maximum absolute atomic E-state index is 13.3. The zero-order chi connectivity index (χ0) is 14.5. The molecule has 0 spiro atoms. The molecule has 1 aliphatic heterocycles. The third-order valence-electron chi connectivity index (χ3n) is 4.00. The highest BCUT2D eigenvalue weighted by molar-refractivity contribution is 5.31. The fourth-order valence-corrected chi connectivity index (χ4v) is 2.79. The normalized spacial score (nSPS) is 17.2. The smallest absolute Gasteiger partial charge is 0.103 e. The minimum Gasteiger partial charge on any atom is -0.247 e. The third kappa shape index (κ3) is 3.69. The Hall–Kier alpha value is -1.71. The van der Waals surface area contributed by atoms with E-state index < -0.39 is 6.17 Å². The number of hydrogen-bond acceptors (Lipinski definition) is 2. The molecule has 0 aromatic heterocycles. The van der Waals surface area contributed by atoms with Gasteiger partial charge in [-0.15, -0.1) is 0 Å². The number of hydrazine groups is 1. The maximum Gasteiger partial charge on any atom is 0.103 e. The minimum absolute atomic E-state index is 0.114. The fraction of sp³-hybridized carbons (Fsp3) is 0.333. The number of rotatable bonds is 4. The predicted octanol–water partition coefficient (Wildman–Crippen LogP) is 3.71. The van der Waals surface area contributed by atoms with Gasteiger partial charge in [-0.25, -0.2) is 14.8 Å². The van der Waals surface area contributed by atoms with Crippen LogP contribution in [0, 0.1) is 0 Å². The van der Waals surface area contributed by atoms with E-state index in [1.54, 1.807) is 0 Å². The molecule has 0 aliphatic carbocycles. The zero-order valence-electron chi connectivity index (χ0n) is 12.1. The molecule has 110 valence electrons. The van der Waals surface area contributed by atoms with E-state index in [0.29, 0.717) is 12.8 Å². The van der Waals surface area contributed by atoms with Gasteiger partial charge in [0.15, 0.2) is 0 Å². The van der Waals surface area contributed by atoms with Crippen LogP contribution in [-0.4, -0.2) is 24.3 Å². The molecule has 0 amide bonds. The summed E-state index contributed by atoms with van der Waals surface area (Å²) < 4.78 is 13.3. The van der Waals surface area contributed by atoms with Crippen LogP contribution in [-0.2, 0) is 0 Å². The summed E-state index contributed by atoms with van der Waals surface area (Å²) in [4.78, 5) is 0. The van der Waals surface area contributed by atoms with Crippen LogP contribution in [0.4, 0.5) is 4.39 Å². The molecule has 0 bridgehead atoms. The van der Waals surface area contributed by atoms with Gasteiger partial charge < -0.3 is 0 Å². The van der Waals surface area contributed by atoms with E-state index in [1.807, 2.05) is 12.1 Å². The van der Waals surface area contributed by atoms with Crippen molar-refractivity contribution in [2.75, 3.05) is 13.1 Å². The molecule has 0 radical (unpaired) electrons. The van der Waals surface area contributed by atoms with Crippen LogP contribution < -0.4 is 5.43 Å². The molecule has 1 saturated heterocycles. The summed E-state index contributed by atoms with van der Waals surface area (Å²) >= 11 is 0. The van der Waals surface area contributed by atoms with Gasteiger partial charge in [-0.2, -0.15) is 0 Å². The lowest BCUT2D eigenvalue weighted by Crippen LogP contribution is -2.46. The van der Waals surface area contributed by atoms with E-state index in [2.05, 4.69) is 59.0 Å². The van der Waals surface area contributed by atoms with Crippen molar-refractivity contribution in [3.05, 3.63) is 71.8 Å². The van der Waals surface area contributed by atoms with Gasteiger partial charge in [-0.3, -0.25) is 0 Å². The summed E-state index contributed by atoms with van der Waals surface area (Å²) in [7, 11) is 0. The van der Waals surface area contributed by atoms with Crippen molar-refractivity contribution in [3.8, 4) is 0 Å². The van der Waals surface area contributed by atoms with Crippen molar-refractivity contribution in [1.29, 1.82) is 0 Å². The summed E-state index contributed by atoms with van der Waals surface area (Å²) in [6.07, 6.45) is 0.585. The maximum atomic E-state index is 13.3. The molecule has 3 heteroatoms. The van der Waals surface area contributed by atoms with Gasteiger partial charge in [0, 0.05) is 13.1 Å². The van der Waals surface area contributed by atoms with Crippen molar-refractivity contribution in [1.82, 2.24) is 10.4 Å². The molecule has 2 nitrogen and oxygen atoms in total. The van der Waals surface area contributed by atoms with E-state index in [-0.39, 0.29) is 6.04 Å². The second-order valence-electron chi connectivity index (χ2n) is 5.55. The van der Waals surface area contributed by atoms with Gasteiger partial charge in [0.25, 0.3) is 0 Å². The van der Waals surface area contributed by atoms with Gasteiger partial charge in [0.1, 0.15) is 6.17 Å². The Balaban J connectivity index is 1.80. The Labute approximate surface area is 125 Å². The molecule has 2 aromatic rings. The predicted molar refractivity (Wildman–Crippen MR) is 83.6 cm³/mol. The largest absolute Gasteiger partial charge is 0.247 e. The van der Waals surface area contributed by atoms with Crippen LogP contribution in [0.5, 0.6) is 0 Å².